The zero-order chi connectivity index (χ0) is 26.6. The van der Waals surface area contributed by atoms with Crippen LogP contribution in [-0.4, -0.2) is 0 Å². The Balaban J connectivity index is 1.50. The maximum absolute atomic E-state index is 2.43. The van der Waals surface area contributed by atoms with Crippen molar-refractivity contribution in [3.63, 3.8) is 0 Å². The number of fused-ring (bicyclic) bond motifs is 4. The van der Waals surface area contributed by atoms with Gasteiger partial charge in [0, 0.05) is 22.4 Å². The van der Waals surface area contributed by atoms with E-state index in [0.29, 0.717) is 0 Å². The van der Waals surface area contributed by atoms with Crippen molar-refractivity contribution >= 4 is 27.8 Å². The van der Waals surface area contributed by atoms with Crippen molar-refractivity contribution < 1.29 is 0 Å². The Morgan fingerprint density at radius 1 is 0.513 bits per heavy atom. The smallest absolute Gasteiger partial charge is 0.0546 e. The molecule has 6 aromatic rings. The Labute approximate surface area is 231 Å². The maximum atomic E-state index is 2.43. The molecule has 188 valence electrons. The van der Waals surface area contributed by atoms with Crippen LogP contribution in [0.4, 0.5) is 17.1 Å². The second-order valence-corrected chi connectivity index (χ2v) is 11.1. The Morgan fingerprint density at radius 3 is 1.92 bits per heavy atom. The normalized spacial score (nSPS) is 13.2. The molecular weight excluding hydrogens is 470 g/mol. The fourth-order valence-corrected chi connectivity index (χ4v) is 6.36. The summed E-state index contributed by atoms with van der Waals surface area (Å²) in [6.07, 6.45) is 0. The highest BCUT2D eigenvalue weighted by Crippen LogP contribution is 2.52. The van der Waals surface area contributed by atoms with Gasteiger partial charge < -0.3 is 4.90 Å². The first-order chi connectivity index (χ1) is 19.0. The van der Waals surface area contributed by atoms with Crippen molar-refractivity contribution in [2.45, 2.75) is 26.2 Å². The molecule has 1 aliphatic rings. The average Bonchev–Trinajstić information content (AvgIpc) is 3.21. The van der Waals surface area contributed by atoms with Crippen LogP contribution in [-0.2, 0) is 5.41 Å². The van der Waals surface area contributed by atoms with Crippen LogP contribution in [0.2, 0.25) is 0 Å². The molecule has 0 N–H and O–H groups in total. The third kappa shape index (κ3) is 3.77. The van der Waals surface area contributed by atoms with Gasteiger partial charge in [0.1, 0.15) is 0 Å². The summed E-state index contributed by atoms with van der Waals surface area (Å²) in [5.74, 6) is 0. The molecule has 0 unspecified atom stereocenters. The molecular formula is C38H31N. The maximum Gasteiger partial charge on any atom is 0.0546 e. The van der Waals surface area contributed by atoms with Gasteiger partial charge in [-0.05, 0) is 87.5 Å². The summed E-state index contributed by atoms with van der Waals surface area (Å²) in [6.45, 7) is 6.95. The Kier molecular flexibility index (Phi) is 5.42. The Hall–Kier alpha value is -4.62. The number of nitrogens with zero attached hydrogens (tertiary/aromatic N) is 1. The van der Waals surface area contributed by atoms with E-state index in [1.165, 1.54) is 61.1 Å². The third-order valence-corrected chi connectivity index (χ3v) is 8.35. The molecule has 0 radical (unpaired) electrons. The van der Waals surface area contributed by atoms with Crippen molar-refractivity contribution in [1.82, 2.24) is 0 Å². The predicted molar refractivity (Wildman–Crippen MR) is 166 cm³/mol. The lowest BCUT2D eigenvalue weighted by molar-refractivity contribution is 0.660. The number of aryl methyl sites for hydroxylation is 1. The SMILES string of the molecule is Cc1cccc2c1-c1ccc(N(c3ccccc3)c3cc4ccccc4cc3-c3ccccc3)cc1C2(C)C. The van der Waals surface area contributed by atoms with Crippen molar-refractivity contribution in [3.8, 4) is 22.3 Å². The number of anilines is 3. The molecule has 39 heavy (non-hydrogen) atoms. The number of para-hydroxylation sites is 1. The zero-order valence-electron chi connectivity index (χ0n) is 22.6. The van der Waals surface area contributed by atoms with Gasteiger partial charge in [0.2, 0.25) is 0 Å². The number of benzene rings is 6. The van der Waals surface area contributed by atoms with Crippen LogP contribution >= 0.6 is 0 Å². The second-order valence-electron chi connectivity index (χ2n) is 11.1. The van der Waals surface area contributed by atoms with Crippen LogP contribution in [0, 0.1) is 6.92 Å². The lowest BCUT2D eigenvalue weighted by atomic mass is 9.82. The third-order valence-electron chi connectivity index (χ3n) is 8.35. The minimum absolute atomic E-state index is 0.0688. The van der Waals surface area contributed by atoms with E-state index in [9.17, 15) is 0 Å². The molecule has 0 aromatic heterocycles. The van der Waals surface area contributed by atoms with Crippen molar-refractivity contribution in [3.05, 3.63) is 150 Å². The molecule has 6 aromatic carbocycles. The molecule has 0 aliphatic heterocycles. The number of hydrogen-bond donors (Lipinski definition) is 0. The van der Waals surface area contributed by atoms with Crippen molar-refractivity contribution in [2.24, 2.45) is 0 Å². The van der Waals surface area contributed by atoms with Gasteiger partial charge in [-0.15, -0.1) is 0 Å². The molecule has 0 amide bonds. The molecule has 1 heteroatoms. The predicted octanol–water partition coefficient (Wildman–Crippen LogP) is 10.6. The first kappa shape index (κ1) is 23.5. The highest BCUT2D eigenvalue weighted by molar-refractivity contribution is 5.98. The molecule has 1 nitrogen and oxygen atoms in total. The second kappa shape index (κ2) is 8.99. The molecule has 0 saturated carbocycles. The monoisotopic (exact) mass is 501 g/mol. The van der Waals surface area contributed by atoms with E-state index in [1.54, 1.807) is 0 Å². The topological polar surface area (TPSA) is 3.24 Å². The highest BCUT2D eigenvalue weighted by atomic mass is 15.1. The fraction of sp³-hybridized carbons (Fsp3) is 0.105. The first-order valence-electron chi connectivity index (χ1n) is 13.7. The standard InChI is InChI=1S/C38H31N/c1-26-13-12-20-34-37(26)32-22-21-31(25-35(32)38(34,2)3)39(30-18-8-5-9-19-30)36-24-29-17-11-10-16-28(29)23-33(36)27-14-6-4-7-15-27/h4-25H,1-3H3. The zero-order valence-corrected chi connectivity index (χ0v) is 22.6. The molecule has 0 bridgehead atoms. The quantitative estimate of drug-likeness (QED) is 0.232. The van der Waals surface area contributed by atoms with Crippen LogP contribution in [0.15, 0.2) is 133 Å². The van der Waals surface area contributed by atoms with Crippen LogP contribution in [0.25, 0.3) is 33.0 Å². The summed E-state index contributed by atoms with van der Waals surface area (Å²) >= 11 is 0. The van der Waals surface area contributed by atoms with Gasteiger partial charge in [-0.3, -0.25) is 0 Å². The van der Waals surface area contributed by atoms with E-state index in [1.807, 2.05) is 0 Å². The van der Waals surface area contributed by atoms with Crippen LogP contribution in [0.5, 0.6) is 0 Å². The van der Waals surface area contributed by atoms with E-state index >= 15 is 0 Å². The van der Waals surface area contributed by atoms with Crippen LogP contribution in [0.3, 0.4) is 0 Å². The summed E-state index contributed by atoms with van der Waals surface area (Å²) < 4.78 is 0. The van der Waals surface area contributed by atoms with E-state index in [-0.39, 0.29) is 5.41 Å². The molecule has 7 rings (SSSR count). The Bertz CT molecular complexity index is 1830. The summed E-state index contributed by atoms with van der Waals surface area (Å²) in [5.41, 5.74) is 12.7. The molecule has 1 aliphatic carbocycles. The van der Waals surface area contributed by atoms with E-state index in [2.05, 4.69) is 159 Å². The van der Waals surface area contributed by atoms with Crippen LogP contribution < -0.4 is 4.90 Å². The summed E-state index contributed by atoms with van der Waals surface area (Å²) in [7, 11) is 0. The van der Waals surface area contributed by atoms with Crippen molar-refractivity contribution in [1.29, 1.82) is 0 Å². The Morgan fingerprint density at radius 2 is 1.18 bits per heavy atom. The van der Waals surface area contributed by atoms with Gasteiger partial charge in [0.25, 0.3) is 0 Å². The number of hydrogen-bond acceptors (Lipinski definition) is 1. The van der Waals surface area contributed by atoms with Gasteiger partial charge >= 0.3 is 0 Å². The van der Waals surface area contributed by atoms with Gasteiger partial charge in [0.15, 0.2) is 0 Å². The largest absolute Gasteiger partial charge is 0.310 e. The number of rotatable bonds is 4. The van der Waals surface area contributed by atoms with Gasteiger partial charge in [-0.2, -0.15) is 0 Å². The van der Waals surface area contributed by atoms with E-state index < -0.39 is 0 Å². The summed E-state index contributed by atoms with van der Waals surface area (Å²) in [5, 5.41) is 2.48. The first-order valence-corrected chi connectivity index (χ1v) is 13.7. The molecule has 0 saturated heterocycles. The van der Waals surface area contributed by atoms with Gasteiger partial charge in [-0.25, -0.2) is 0 Å². The fourth-order valence-electron chi connectivity index (χ4n) is 6.36. The average molecular weight is 502 g/mol. The molecule has 0 spiro atoms. The van der Waals surface area contributed by atoms with Gasteiger partial charge in [0.05, 0.1) is 5.69 Å². The van der Waals surface area contributed by atoms with E-state index in [4.69, 9.17) is 0 Å². The molecule has 0 fully saturated rings. The highest BCUT2D eigenvalue weighted by Gasteiger charge is 2.36. The molecule has 0 atom stereocenters. The van der Waals surface area contributed by atoms with Crippen LogP contribution in [0.1, 0.15) is 30.5 Å². The minimum atomic E-state index is -0.0688. The summed E-state index contributed by atoms with van der Waals surface area (Å²) in [4.78, 5) is 2.43. The lowest BCUT2D eigenvalue weighted by Gasteiger charge is -2.30. The lowest BCUT2D eigenvalue weighted by Crippen LogP contribution is -2.17. The minimum Gasteiger partial charge on any atom is -0.310 e. The van der Waals surface area contributed by atoms with Gasteiger partial charge in [-0.1, -0.05) is 111 Å². The van der Waals surface area contributed by atoms with Crippen molar-refractivity contribution in [2.75, 3.05) is 4.90 Å². The van der Waals surface area contributed by atoms with E-state index in [0.717, 1.165) is 5.69 Å². The molecule has 0 heterocycles. The summed E-state index contributed by atoms with van der Waals surface area (Å²) in [6, 6.07) is 48.6.